The lowest BCUT2D eigenvalue weighted by Crippen LogP contribution is -2.63. The molecule has 0 N–H and O–H groups in total. The maximum atomic E-state index is 13.4. The number of fused-ring (bicyclic) bond motifs is 1. The molecule has 3 fully saturated rings. The zero-order valence-corrected chi connectivity index (χ0v) is 20.0. The molecule has 6 nitrogen and oxygen atoms in total. The molecule has 2 aromatic rings. The minimum Gasteiger partial charge on any atom is -0.329 e. The summed E-state index contributed by atoms with van der Waals surface area (Å²) in [5.41, 5.74) is 2.49. The fourth-order valence-corrected chi connectivity index (χ4v) is 5.74. The fourth-order valence-electron chi connectivity index (χ4n) is 5.74. The molecule has 0 saturated carbocycles. The van der Waals surface area contributed by atoms with Gasteiger partial charge >= 0.3 is 0 Å². The van der Waals surface area contributed by atoms with Gasteiger partial charge in [0.05, 0.1) is 0 Å². The highest BCUT2D eigenvalue weighted by Gasteiger charge is 2.47. The van der Waals surface area contributed by atoms with E-state index in [4.69, 9.17) is 0 Å². The topological polar surface area (TPSA) is 47.1 Å². The molecular weight excluding hydrogens is 424 g/mol. The fraction of sp³-hybridized carbons (Fsp3) is 0.500. The Hall–Kier alpha value is -2.70. The first-order valence-corrected chi connectivity index (χ1v) is 12.8. The van der Waals surface area contributed by atoms with Gasteiger partial charge in [0.25, 0.3) is 0 Å². The van der Waals surface area contributed by atoms with Gasteiger partial charge in [-0.05, 0) is 36.9 Å². The molecule has 6 heteroatoms. The second kappa shape index (κ2) is 10.7. The second-order valence-corrected chi connectivity index (χ2v) is 9.88. The molecular formula is C28H36N4O2. The number of rotatable bonds is 8. The van der Waals surface area contributed by atoms with Crippen LogP contribution in [-0.2, 0) is 22.6 Å². The monoisotopic (exact) mass is 460 g/mol. The molecule has 0 bridgehead atoms. The largest absolute Gasteiger partial charge is 0.329 e. The summed E-state index contributed by atoms with van der Waals surface area (Å²) in [5.74, 6) is 0.297. The zero-order valence-electron chi connectivity index (χ0n) is 20.0. The Labute approximate surface area is 203 Å². The lowest BCUT2D eigenvalue weighted by atomic mass is 9.98. The van der Waals surface area contributed by atoms with Gasteiger partial charge in [0.2, 0.25) is 11.8 Å². The number of carbonyl (C=O) groups excluding carboxylic acids is 2. The van der Waals surface area contributed by atoms with E-state index in [-0.39, 0.29) is 23.9 Å². The highest BCUT2D eigenvalue weighted by atomic mass is 16.2. The smallest absolute Gasteiger partial charge is 0.246 e. The van der Waals surface area contributed by atoms with Gasteiger partial charge in [-0.3, -0.25) is 14.5 Å². The summed E-state index contributed by atoms with van der Waals surface area (Å²) in [5, 5.41) is 0. The minimum atomic E-state index is -0.369. The van der Waals surface area contributed by atoms with Crippen molar-refractivity contribution in [3.8, 4) is 0 Å². The Balaban J connectivity index is 1.15. The van der Waals surface area contributed by atoms with E-state index in [0.717, 1.165) is 70.6 Å². The molecule has 3 saturated heterocycles. The maximum Gasteiger partial charge on any atom is 0.246 e. The van der Waals surface area contributed by atoms with E-state index in [1.807, 2.05) is 28.0 Å². The third-order valence-electron chi connectivity index (χ3n) is 7.62. The minimum absolute atomic E-state index is 0.139. The highest BCUT2D eigenvalue weighted by Crippen LogP contribution is 2.28. The average molecular weight is 461 g/mol. The van der Waals surface area contributed by atoms with Crippen molar-refractivity contribution < 1.29 is 9.59 Å². The molecule has 2 amide bonds. The quantitative estimate of drug-likeness (QED) is 0.608. The van der Waals surface area contributed by atoms with Crippen molar-refractivity contribution >= 4 is 11.8 Å². The summed E-state index contributed by atoms with van der Waals surface area (Å²) in [6.45, 7) is 7.64. The summed E-state index contributed by atoms with van der Waals surface area (Å²) in [6, 6.07) is 20.2. The number of nitrogens with zero attached hydrogens (tertiary/aromatic N) is 4. The van der Waals surface area contributed by atoms with Crippen LogP contribution < -0.4 is 0 Å². The Bertz CT molecular complexity index is 959. The van der Waals surface area contributed by atoms with Crippen LogP contribution in [0, 0.1) is 0 Å². The van der Waals surface area contributed by atoms with E-state index in [9.17, 15) is 9.59 Å². The SMILES string of the molecule is O=C1C(Cc2ccccc2)N(CCCN2CCN(Cc3ccccc3)CC2)C(=O)C2CCCN12. The number of piperazine rings is 2. The molecule has 0 spiro atoms. The third kappa shape index (κ3) is 5.18. The molecule has 2 aromatic carbocycles. The van der Waals surface area contributed by atoms with E-state index < -0.39 is 0 Å². The number of amides is 2. The van der Waals surface area contributed by atoms with Gasteiger partial charge in [-0.2, -0.15) is 0 Å². The molecule has 3 aliphatic heterocycles. The lowest BCUT2D eigenvalue weighted by Gasteiger charge is -2.43. The molecule has 2 atom stereocenters. The van der Waals surface area contributed by atoms with Gasteiger partial charge in [-0.15, -0.1) is 0 Å². The molecule has 3 heterocycles. The molecule has 5 rings (SSSR count). The Morgan fingerprint density at radius 2 is 1.35 bits per heavy atom. The number of carbonyl (C=O) groups is 2. The Morgan fingerprint density at radius 1 is 0.706 bits per heavy atom. The molecule has 3 aliphatic rings. The normalized spacial score (nSPS) is 24.0. The van der Waals surface area contributed by atoms with Gasteiger partial charge in [0.15, 0.2) is 0 Å². The Morgan fingerprint density at radius 3 is 2.06 bits per heavy atom. The van der Waals surface area contributed by atoms with Gasteiger partial charge in [0, 0.05) is 52.2 Å². The van der Waals surface area contributed by atoms with Crippen LogP contribution in [0.15, 0.2) is 60.7 Å². The van der Waals surface area contributed by atoms with E-state index in [2.05, 4.69) is 52.3 Å². The first-order chi connectivity index (χ1) is 16.7. The van der Waals surface area contributed by atoms with E-state index in [1.165, 1.54) is 5.56 Å². The standard InChI is InChI=1S/C28H36N4O2/c33-27-25-13-7-15-31(25)28(34)26(21-23-9-3-1-4-10-23)32(27)16-8-14-29-17-19-30(20-18-29)22-24-11-5-2-6-12-24/h1-6,9-12,25-26H,7-8,13-22H2. The summed E-state index contributed by atoms with van der Waals surface area (Å²) in [4.78, 5) is 35.5. The van der Waals surface area contributed by atoms with E-state index >= 15 is 0 Å². The van der Waals surface area contributed by atoms with Crippen molar-refractivity contribution in [2.45, 2.75) is 44.3 Å². The van der Waals surface area contributed by atoms with E-state index in [1.54, 1.807) is 0 Å². The van der Waals surface area contributed by atoms with E-state index in [0.29, 0.717) is 13.0 Å². The molecule has 2 unspecified atom stereocenters. The van der Waals surface area contributed by atoms with Crippen LogP contribution in [0.3, 0.4) is 0 Å². The summed E-state index contributed by atoms with van der Waals surface area (Å²) in [7, 11) is 0. The molecule has 0 radical (unpaired) electrons. The average Bonchev–Trinajstić information content (AvgIpc) is 3.37. The third-order valence-corrected chi connectivity index (χ3v) is 7.62. The van der Waals surface area contributed by atoms with Crippen LogP contribution in [0.2, 0.25) is 0 Å². The molecule has 0 aliphatic carbocycles. The van der Waals surface area contributed by atoms with Crippen molar-refractivity contribution in [1.82, 2.24) is 19.6 Å². The zero-order chi connectivity index (χ0) is 23.3. The number of hydrogen-bond donors (Lipinski definition) is 0. The predicted molar refractivity (Wildman–Crippen MR) is 133 cm³/mol. The van der Waals surface area contributed by atoms with Crippen molar-refractivity contribution in [3.63, 3.8) is 0 Å². The number of hydrogen-bond acceptors (Lipinski definition) is 4. The van der Waals surface area contributed by atoms with Crippen molar-refractivity contribution in [2.24, 2.45) is 0 Å². The van der Waals surface area contributed by atoms with Crippen molar-refractivity contribution in [2.75, 3.05) is 45.8 Å². The molecule has 0 aromatic heterocycles. The van der Waals surface area contributed by atoms with Crippen molar-refractivity contribution in [1.29, 1.82) is 0 Å². The molecule has 180 valence electrons. The summed E-state index contributed by atoms with van der Waals surface area (Å²) < 4.78 is 0. The van der Waals surface area contributed by atoms with Crippen molar-refractivity contribution in [3.05, 3.63) is 71.8 Å². The van der Waals surface area contributed by atoms with Gasteiger partial charge < -0.3 is 14.7 Å². The first kappa shape index (κ1) is 23.1. The van der Waals surface area contributed by atoms with Gasteiger partial charge in [0.1, 0.15) is 12.1 Å². The lowest BCUT2D eigenvalue weighted by molar-refractivity contribution is -0.159. The van der Waals surface area contributed by atoms with Gasteiger partial charge in [-0.1, -0.05) is 60.7 Å². The van der Waals surface area contributed by atoms with Crippen LogP contribution in [0.5, 0.6) is 0 Å². The van der Waals surface area contributed by atoms with Crippen LogP contribution in [0.25, 0.3) is 0 Å². The Kier molecular flexibility index (Phi) is 7.26. The van der Waals surface area contributed by atoms with Crippen LogP contribution in [-0.4, -0.2) is 89.3 Å². The number of benzene rings is 2. The van der Waals surface area contributed by atoms with Gasteiger partial charge in [-0.25, -0.2) is 0 Å². The highest BCUT2D eigenvalue weighted by molar-refractivity contribution is 5.97. The van der Waals surface area contributed by atoms with Crippen LogP contribution >= 0.6 is 0 Å². The molecule has 34 heavy (non-hydrogen) atoms. The second-order valence-electron chi connectivity index (χ2n) is 9.88. The van der Waals surface area contributed by atoms with Crippen LogP contribution in [0.4, 0.5) is 0 Å². The first-order valence-electron chi connectivity index (χ1n) is 12.8. The summed E-state index contributed by atoms with van der Waals surface area (Å²) >= 11 is 0. The maximum absolute atomic E-state index is 13.4. The predicted octanol–water partition coefficient (Wildman–Crippen LogP) is 2.64. The summed E-state index contributed by atoms with van der Waals surface area (Å²) in [6.07, 6.45) is 3.26. The van der Waals surface area contributed by atoms with Crippen LogP contribution in [0.1, 0.15) is 30.4 Å².